The van der Waals surface area contributed by atoms with Crippen molar-refractivity contribution in [3.63, 3.8) is 0 Å². The van der Waals surface area contributed by atoms with Crippen LogP contribution < -0.4 is 5.32 Å². The Hall–Kier alpha value is -3.39. The zero-order valence-corrected chi connectivity index (χ0v) is 13.6. The first-order valence-electron chi connectivity index (χ1n) is 7.24. The summed E-state index contributed by atoms with van der Waals surface area (Å²) in [5.41, 5.74) is 1.40. The number of nitrogens with one attached hydrogen (secondary N) is 1. The maximum absolute atomic E-state index is 12.0. The van der Waals surface area contributed by atoms with Gasteiger partial charge in [-0.25, -0.2) is 0 Å². The molecule has 0 saturated carbocycles. The van der Waals surface area contributed by atoms with E-state index in [-0.39, 0.29) is 11.6 Å². The van der Waals surface area contributed by atoms with Crippen molar-refractivity contribution < 1.29 is 9.72 Å². The van der Waals surface area contributed by atoms with Crippen LogP contribution in [0.5, 0.6) is 0 Å². The van der Waals surface area contributed by atoms with Crippen LogP contribution in [0.2, 0.25) is 0 Å². The number of amides is 1. The molecule has 0 spiro atoms. The molecule has 1 aromatic heterocycles. The Balaban J connectivity index is 1.66. The Bertz CT molecular complexity index is 938. The van der Waals surface area contributed by atoms with E-state index in [0.717, 1.165) is 17.1 Å². The van der Waals surface area contributed by atoms with Crippen LogP contribution in [0.1, 0.15) is 5.56 Å². The molecule has 0 bridgehead atoms. The van der Waals surface area contributed by atoms with Crippen LogP contribution in [0.4, 0.5) is 10.8 Å². The molecule has 0 fully saturated rings. The largest absolute Gasteiger partial charge is 0.297 e. The normalized spacial score (nSPS) is 10.7. The minimum absolute atomic E-state index is 0.0285. The monoisotopic (exact) mass is 352 g/mol. The van der Waals surface area contributed by atoms with Crippen LogP contribution in [-0.2, 0) is 4.79 Å². The van der Waals surface area contributed by atoms with Gasteiger partial charge >= 0.3 is 0 Å². The molecule has 0 aliphatic heterocycles. The maximum Gasteiger partial charge on any atom is 0.270 e. The van der Waals surface area contributed by atoms with Crippen LogP contribution in [0.15, 0.2) is 60.7 Å². The average molecular weight is 352 g/mol. The summed E-state index contributed by atoms with van der Waals surface area (Å²) in [6, 6.07) is 15.5. The fourth-order valence-corrected chi connectivity index (χ4v) is 2.63. The minimum Gasteiger partial charge on any atom is -0.297 e. The topological polar surface area (TPSA) is 98.0 Å². The van der Waals surface area contributed by atoms with Gasteiger partial charge in [0.25, 0.3) is 5.69 Å². The maximum atomic E-state index is 12.0. The summed E-state index contributed by atoms with van der Waals surface area (Å²) in [7, 11) is 0. The van der Waals surface area contributed by atoms with Gasteiger partial charge in [0.1, 0.15) is 0 Å². The van der Waals surface area contributed by atoms with Gasteiger partial charge in [-0.05, 0) is 11.6 Å². The number of benzene rings is 2. The standard InChI is InChI=1S/C17H12N4O3S/c22-15(10-9-12-5-4-8-14(11-12)21(23)24)18-17-19-16(20-25-17)13-6-2-1-3-7-13/h1-11H,(H,18,19,20,22). The van der Waals surface area contributed by atoms with Gasteiger partial charge in [0.05, 0.1) is 4.92 Å². The van der Waals surface area contributed by atoms with Crippen LogP contribution in [-0.4, -0.2) is 20.2 Å². The molecule has 0 radical (unpaired) electrons. The zero-order valence-electron chi connectivity index (χ0n) is 12.8. The number of hydrogen-bond donors (Lipinski definition) is 1. The SMILES string of the molecule is O=C(C=Cc1cccc([N+](=O)[O-])c1)Nc1nc(-c2ccccc2)ns1. The van der Waals surface area contributed by atoms with Gasteiger partial charge in [0.2, 0.25) is 11.0 Å². The van der Waals surface area contributed by atoms with E-state index in [0.29, 0.717) is 16.5 Å². The number of non-ortho nitro benzene ring substituents is 1. The van der Waals surface area contributed by atoms with E-state index in [9.17, 15) is 14.9 Å². The van der Waals surface area contributed by atoms with E-state index in [4.69, 9.17) is 0 Å². The summed E-state index contributed by atoms with van der Waals surface area (Å²) in [6.07, 6.45) is 2.80. The Morgan fingerprint density at radius 2 is 1.96 bits per heavy atom. The second kappa shape index (κ2) is 7.45. The molecule has 0 saturated heterocycles. The summed E-state index contributed by atoms with van der Waals surface area (Å²) in [5, 5.41) is 13.7. The van der Waals surface area contributed by atoms with E-state index >= 15 is 0 Å². The third-order valence-electron chi connectivity index (χ3n) is 3.20. The fraction of sp³-hybridized carbons (Fsp3) is 0. The molecular weight excluding hydrogens is 340 g/mol. The lowest BCUT2D eigenvalue weighted by atomic mass is 10.2. The van der Waals surface area contributed by atoms with Gasteiger partial charge in [-0.1, -0.05) is 42.5 Å². The molecule has 1 heterocycles. The van der Waals surface area contributed by atoms with Crippen molar-refractivity contribution in [1.82, 2.24) is 9.36 Å². The lowest BCUT2D eigenvalue weighted by Crippen LogP contribution is -2.07. The highest BCUT2D eigenvalue weighted by Gasteiger charge is 2.08. The van der Waals surface area contributed by atoms with Gasteiger partial charge in [0.15, 0.2) is 5.82 Å². The molecule has 0 unspecified atom stereocenters. The average Bonchev–Trinajstić information content (AvgIpc) is 3.09. The third-order valence-corrected chi connectivity index (χ3v) is 3.83. The molecule has 0 atom stereocenters. The van der Waals surface area contributed by atoms with E-state index in [1.165, 1.54) is 24.3 Å². The molecule has 7 nitrogen and oxygen atoms in total. The molecule has 0 aliphatic rings. The molecule has 124 valence electrons. The summed E-state index contributed by atoms with van der Waals surface area (Å²) in [4.78, 5) is 26.5. The zero-order chi connectivity index (χ0) is 17.6. The Kier molecular flexibility index (Phi) is 4.91. The van der Waals surface area contributed by atoms with Crippen LogP contribution in [0.25, 0.3) is 17.5 Å². The second-order valence-corrected chi connectivity index (χ2v) is 5.72. The van der Waals surface area contributed by atoms with E-state index < -0.39 is 4.92 Å². The van der Waals surface area contributed by atoms with E-state index in [2.05, 4.69) is 14.7 Å². The van der Waals surface area contributed by atoms with Crippen molar-refractivity contribution >= 4 is 34.3 Å². The van der Waals surface area contributed by atoms with Crippen molar-refractivity contribution in [1.29, 1.82) is 0 Å². The van der Waals surface area contributed by atoms with Gasteiger partial charge in [0, 0.05) is 35.3 Å². The quantitative estimate of drug-likeness (QED) is 0.428. The van der Waals surface area contributed by atoms with Crippen LogP contribution >= 0.6 is 11.5 Å². The van der Waals surface area contributed by atoms with E-state index in [1.54, 1.807) is 12.1 Å². The van der Waals surface area contributed by atoms with Gasteiger partial charge in [-0.15, -0.1) is 0 Å². The van der Waals surface area contributed by atoms with Gasteiger partial charge in [-0.2, -0.15) is 9.36 Å². The van der Waals surface area contributed by atoms with Crippen molar-refractivity contribution in [2.75, 3.05) is 5.32 Å². The number of rotatable bonds is 5. The van der Waals surface area contributed by atoms with Crippen LogP contribution in [0, 0.1) is 10.1 Å². The number of anilines is 1. The highest BCUT2D eigenvalue weighted by molar-refractivity contribution is 7.10. The summed E-state index contributed by atoms with van der Waals surface area (Å²) in [5.74, 6) is 0.158. The summed E-state index contributed by atoms with van der Waals surface area (Å²) in [6.45, 7) is 0. The number of nitrogens with zero attached hydrogens (tertiary/aromatic N) is 3. The van der Waals surface area contributed by atoms with Crippen molar-refractivity contribution in [2.24, 2.45) is 0 Å². The number of nitro groups is 1. The molecule has 1 amide bonds. The minimum atomic E-state index is -0.482. The van der Waals surface area contributed by atoms with Crippen molar-refractivity contribution in [2.45, 2.75) is 0 Å². The summed E-state index contributed by atoms with van der Waals surface area (Å²) < 4.78 is 4.21. The molecule has 3 aromatic rings. The predicted octanol–water partition coefficient (Wildman–Crippen LogP) is 3.77. The highest BCUT2D eigenvalue weighted by atomic mass is 32.1. The predicted molar refractivity (Wildman–Crippen MR) is 96.1 cm³/mol. The number of carbonyl (C=O) groups is 1. The molecular formula is C17H12N4O3S. The Morgan fingerprint density at radius 3 is 2.72 bits per heavy atom. The molecule has 25 heavy (non-hydrogen) atoms. The van der Waals surface area contributed by atoms with Crippen molar-refractivity contribution in [3.8, 4) is 11.4 Å². The molecule has 2 aromatic carbocycles. The Labute approximate surface area is 147 Å². The summed E-state index contributed by atoms with van der Waals surface area (Å²) >= 11 is 1.08. The highest BCUT2D eigenvalue weighted by Crippen LogP contribution is 2.20. The molecule has 8 heteroatoms. The first kappa shape index (κ1) is 16.5. The lowest BCUT2D eigenvalue weighted by Gasteiger charge is -1.96. The smallest absolute Gasteiger partial charge is 0.270 e. The van der Waals surface area contributed by atoms with Crippen LogP contribution in [0.3, 0.4) is 0 Å². The Morgan fingerprint density at radius 1 is 1.16 bits per heavy atom. The number of hydrogen-bond acceptors (Lipinski definition) is 6. The molecule has 0 aliphatic carbocycles. The first-order valence-corrected chi connectivity index (χ1v) is 8.02. The lowest BCUT2D eigenvalue weighted by molar-refractivity contribution is -0.384. The van der Waals surface area contributed by atoms with Crippen molar-refractivity contribution in [3.05, 3.63) is 76.4 Å². The second-order valence-electron chi connectivity index (χ2n) is 4.96. The first-order chi connectivity index (χ1) is 12.1. The van der Waals surface area contributed by atoms with Gasteiger partial charge < -0.3 is 0 Å². The van der Waals surface area contributed by atoms with E-state index in [1.807, 2.05) is 30.3 Å². The number of aromatic nitrogens is 2. The molecule has 1 N–H and O–H groups in total. The van der Waals surface area contributed by atoms with Gasteiger partial charge in [-0.3, -0.25) is 20.2 Å². The fourth-order valence-electron chi connectivity index (χ4n) is 2.04. The molecule has 3 rings (SSSR count). The third kappa shape index (κ3) is 4.33. The number of nitro benzene ring substituents is 1. The number of carbonyl (C=O) groups excluding carboxylic acids is 1.